The number of hydrogen-bond donors (Lipinski definition) is 0. The first-order chi connectivity index (χ1) is 11.0. The molecular weight excluding hydrogens is 382 g/mol. The van der Waals surface area contributed by atoms with Crippen LogP contribution >= 0.6 is 15.9 Å². The van der Waals surface area contributed by atoms with Gasteiger partial charge in [0.05, 0.1) is 12.0 Å². The molecule has 0 unspecified atom stereocenters. The molecule has 0 fully saturated rings. The van der Waals surface area contributed by atoms with Crippen molar-refractivity contribution >= 4 is 31.5 Å². The van der Waals surface area contributed by atoms with E-state index >= 15 is 0 Å². The Kier molecular flexibility index (Phi) is 5.79. The molecule has 2 aromatic rings. The van der Waals surface area contributed by atoms with Crippen LogP contribution in [0.1, 0.15) is 5.56 Å². The van der Waals surface area contributed by atoms with Gasteiger partial charge in [0.1, 0.15) is 24.3 Å². The molecule has 0 aliphatic rings. The zero-order valence-corrected chi connectivity index (χ0v) is 15.1. The van der Waals surface area contributed by atoms with E-state index in [1.54, 1.807) is 55.6 Å². The van der Waals surface area contributed by atoms with Gasteiger partial charge in [0.15, 0.2) is 9.84 Å². The predicted octanol–water partition coefficient (Wildman–Crippen LogP) is 3.28. The third-order valence-electron chi connectivity index (χ3n) is 3.12. The second-order valence-corrected chi connectivity index (χ2v) is 7.57. The van der Waals surface area contributed by atoms with Gasteiger partial charge in [-0.25, -0.2) is 8.42 Å². The maximum absolute atomic E-state index is 12.5. The topological polar surface area (TPSA) is 65.0 Å². The van der Waals surface area contributed by atoms with E-state index in [0.29, 0.717) is 17.0 Å². The van der Waals surface area contributed by atoms with E-state index in [0.717, 1.165) is 4.47 Å². The Morgan fingerprint density at radius 2 is 1.65 bits per heavy atom. The van der Waals surface area contributed by atoms with Crippen molar-refractivity contribution in [3.8, 4) is 5.75 Å². The van der Waals surface area contributed by atoms with Crippen LogP contribution in [0.4, 0.5) is 0 Å². The van der Waals surface area contributed by atoms with Crippen molar-refractivity contribution in [3.05, 3.63) is 58.6 Å². The zero-order valence-electron chi connectivity index (χ0n) is 12.7. The minimum absolute atomic E-state index is 0.234. The smallest absolute Gasteiger partial charge is 0.184 e. The van der Waals surface area contributed by atoms with Gasteiger partial charge in [-0.3, -0.25) is 0 Å². The molecule has 23 heavy (non-hydrogen) atoms. The normalized spacial score (nSPS) is 12.0. The lowest BCUT2D eigenvalue weighted by atomic mass is 10.1. The molecular formula is C16H16BrNO4S. The molecule has 2 rings (SSSR count). The molecule has 0 saturated carbocycles. The van der Waals surface area contributed by atoms with Crippen molar-refractivity contribution in [2.24, 2.45) is 5.16 Å². The Labute approximate surface area is 144 Å². The van der Waals surface area contributed by atoms with Crippen molar-refractivity contribution in [2.45, 2.75) is 4.90 Å². The second-order valence-electron chi connectivity index (χ2n) is 4.66. The monoisotopic (exact) mass is 397 g/mol. The van der Waals surface area contributed by atoms with Gasteiger partial charge in [-0.15, -0.1) is 0 Å². The molecule has 0 bridgehead atoms. The van der Waals surface area contributed by atoms with Crippen LogP contribution in [0, 0.1) is 0 Å². The summed E-state index contributed by atoms with van der Waals surface area (Å²) in [6.07, 6.45) is 0. The number of benzene rings is 2. The first-order valence-corrected chi connectivity index (χ1v) is 9.13. The number of methoxy groups -OCH3 is 1. The van der Waals surface area contributed by atoms with Crippen molar-refractivity contribution in [2.75, 3.05) is 20.0 Å². The highest BCUT2D eigenvalue weighted by Crippen LogP contribution is 2.18. The van der Waals surface area contributed by atoms with Crippen LogP contribution in [0.2, 0.25) is 0 Å². The number of hydrogen-bond acceptors (Lipinski definition) is 5. The van der Waals surface area contributed by atoms with Gasteiger partial charge in [-0.05, 0) is 48.5 Å². The van der Waals surface area contributed by atoms with Crippen molar-refractivity contribution in [3.63, 3.8) is 0 Å². The van der Waals surface area contributed by atoms with Gasteiger partial charge >= 0.3 is 0 Å². The number of ether oxygens (including phenoxy) is 1. The molecule has 0 aromatic heterocycles. The fourth-order valence-electron chi connectivity index (χ4n) is 1.96. The summed E-state index contributed by atoms with van der Waals surface area (Å²) in [6.45, 7) is 0. The van der Waals surface area contributed by atoms with Crippen LogP contribution in [-0.2, 0) is 14.7 Å². The number of nitrogens with zero attached hydrogens (tertiary/aromatic N) is 1. The van der Waals surface area contributed by atoms with Crippen LogP contribution in [0.3, 0.4) is 0 Å². The number of rotatable bonds is 6. The molecule has 0 saturated heterocycles. The van der Waals surface area contributed by atoms with Gasteiger partial charge in [-0.1, -0.05) is 21.1 Å². The van der Waals surface area contributed by atoms with Crippen LogP contribution in [-0.4, -0.2) is 34.1 Å². The van der Waals surface area contributed by atoms with Gasteiger partial charge in [0.2, 0.25) is 0 Å². The summed E-state index contributed by atoms with van der Waals surface area (Å²) in [5, 5.41) is 3.87. The van der Waals surface area contributed by atoms with Gasteiger partial charge in [0, 0.05) is 10.0 Å². The largest absolute Gasteiger partial charge is 0.497 e. The van der Waals surface area contributed by atoms with E-state index in [-0.39, 0.29) is 10.6 Å². The Morgan fingerprint density at radius 3 is 2.17 bits per heavy atom. The summed E-state index contributed by atoms with van der Waals surface area (Å²) in [7, 11) is -0.574. The number of sulfone groups is 1. The van der Waals surface area contributed by atoms with Gasteiger partial charge in [-0.2, -0.15) is 0 Å². The highest BCUT2D eigenvalue weighted by Gasteiger charge is 2.19. The molecule has 0 aliphatic heterocycles. The number of halogens is 1. The maximum Gasteiger partial charge on any atom is 0.184 e. The summed E-state index contributed by atoms with van der Waals surface area (Å²) >= 11 is 3.29. The minimum atomic E-state index is -3.53. The molecule has 122 valence electrons. The molecule has 5 nitrogen and oxygen atoms in total. The fraction of sp³-hybridized carbons (Fsp3) is 0.188. The first kappa shape index (κ1) is 17.5. The quantitative estimate of drug-likeness (QED) is 0.554. The average molecular weight is 398 g/mol. The highest BCUT2D eigenvalue weighted by molar-refractivity contribution is 9.10. The van der Waals surface area contributed by atoms with Crippen LogP contribution in [0.5, 0.6) is 5.75 Å². The van der Waals surface area contributed by atoms with E-state index in [9.17, 15) is 8.42 Å². The van der Waals surface area contributed by atoms with Crippen molar-refractivity contribution in [1.82, 2.24) is 0 Å². The lowest BCUT2D eigenvalue weighted by molar-refractivity contribution is 0.213. The standard InChI is InChI=1S/C16H16BrNO4S/c1-21-14-7-3-12(4-8-14)16(18-22-2)11-23(19,20)15-9-5-13(17)6-10-15/h3-10H,11H2,1-2H3/b18-16+. The third-order valence-corrected chi connectivity index (χ3v) is 5.30. The van der Waals surface area contributed by atoms with Gasteiger partial charge < -0.3 is 9.57 Å². The SMILES string of the molecule is CO/N=C(\CS(=O)(=O)c1ccc(Br)cc1)c1ccc(OC)cc1. The summed E-state index contributed by atoms with van der Waals surface area (Å²) < 4.78 is 31.0. The summed E-state index contributed by atoms with van der Waals surface area (Å²) in [5.74, 6) is 0.427. The molecule has 0 spiro atoms. The second kappa shape index (κ2) is 7.61. The van der Waals surface area contributed by atoms with Crippen LogP contribution in [0.15, 0.2) is 63.1 Å². The molecule has 0 amide bonds. The summed E-state index contributed by atoms with van der Waals surface area (Å²) in [4.78, 5) is 5.03. The predicted molar refractivity (Wildman–Crippen MR) is 92.7 cm³/mol. The Hall–Kier alpha value is -1.86. The molecule has 7 heteroatoms. The van der Waals surface area contributed by atoms with Crippen molar-refractivity contribution in [1.29, 1.82) is 0 Å². The minimum Gasteiger partial charge on any atom is -0.497 e. The highest BCUT2D eigenvalue weighted by atomic mass is 79.9. The molecule has 0 heterocycles. The van der Waals surface area contributed by atoms with Crippen LogP contribution < -0.4 is 4.74 Å². The maximum atomic E-state index is 12.5. The Bertz CT molecular complexity index is 784. The summed E-state index contributed by atoms with van der Waals surface area (Å²) in [5.41, 5.74) is 0.992. The van der Waals surface area contributed by atoms with E-state index in [1.807, 2.05) is 0 Å². The zero-order chi connectivity index (χ0) is 16.9. The average Bonchev–Trinajstić information content (AvgIpc) is 2.55. The third kappa shape index (κ3) is 4.56. The Morgan fingerprint density at radius 1 is 1.04 bits per heavy atom. The van der Waals surface area contributed by atoms with E-state index in [4.69, 9.17) is 9.57 Å². The van der Waals surface area contributed by atoms with Gasteiger partial charge in [0.25, 0.3) is 0 Å². The lowest BCUT2D eigenvalue weighted by Gasteiger charge is -2.09. The molecule has 0 aliphatic carbocycles. The van der Waals surface area contributed by atoms with Crippen LogP contribution in [0.25, 0.3) is 0 Å². The van der Waals surface area contributed by atoms with E-state index < -0.39 is 9.84 Å². The van der Waals surface area contributed by atoms with E-state index in [2.05, 4.69) is 21.1 Å². The molecule has 2 aromatic carbocycles. The molecule has 0 radical (unpaired) electrons. The first-order valence-electron chi connectivity index (χ1n) is 6.69. The Balaban J connectivity index is 2.31. The molecule has 0 atom stereocenters. The molecule has 0 N–H and O–H groups in total. The fourth-order valence-corrected chi connectivity index (χ4v) is 3.52. The van der Waals surface area contributed by atoms with E-state index in [1.165, 1.54) is 7.11 Å². The summed E-state index contributed by atoms with van der Waals surface area (Å²) in [6, 6.07) is 13.5. The van der Waals surface area contributed by atoms with Crippen molar-refractivity contribution < 1.29 is 18.0 Å². The lowest BCUT2D eigenvalue weighted by Crippen LogP contribution is -2.18. The number of oxime groups is 1.